The molecule has 1 aromatic carbocycles. The van der Waals surface area contributed by atoms with Crippen molar-refractivity contribution < 1.29 is 4.74 Å². The summed E-state index contributed by atoms with van der Waals surface area (Å²) in [5.41, 5.74) is 1.20. The fourth-order valence-corrected chi connectivity index (χ4v) is 3.82. The van der Waals surface area contributed by atoms with Crippen molar-refractivity contribution in [2.24, 2.45) is 0 Å². The fraction of sp³-hybridized carbons (Fsp3) is 0.167. The lowest BCUT2D eigenvalue weighted by Crippen LogP contribution is -1.95. The molecular weight excluding hydrogens is 432 g/mol. The van der Waals surface area contributed by atoms with E-state index in [1.807, 2.05) is 6.07 Å². The van der Waals surface area contributed by atoms with Crippen LogP contribution in [0.5, 0.6) is 5.75 Å². The predicted molar refractivity (Wildman–Crippen MR) is 83.1 cm³/mol. The molecule has 0 fully saturated rings. The second kappa shape index (κ2) is 6.36. The minimum Gasteiger partial charge on any atom is -0.486 e. The van der Waals surface area contributed by atoms with Crippen molar-refractivity contribution in [1.82, 2.24) is 0 Å². The Labute approximate surface area is 130 Å². The van der Waals surface area contributed by atoms with E-state index in [-0.39, 0.29) is 0 Å². The molecule has 0 spiro atoms. The van der Waals surface area contributed by atoms with Gasteiger partial charge in [-0.05, 0) is 61.0 Å². The molecule has 0 radical (unpaired) electrons. The van der Waals surface area contributed by atoms with Gasteiger partial charge in [-0.1, -0.05) is 22.0 Å². The molecular formula is C12H9Br3OS. The largest absolute Gasteiger partial charge is 0.486 e. The minimum absolute atomic E-state index is 0.600. The summed E-state index contributed by atoms with van der Waals surface area (Å²) in [6.07, 6.45) is 0. The molecule has 1 aromatic heterocycles. The van der Waals surface area contributed by atoms with E-state index in [4.69, 9.17) is 4.74 Å². The second-order valence-electron chi connectivity index (χ2n) is 3.39. The Hall–Kier alpha value is 0.160. The number of hydrogen-bond acceptors (Lipinski definition) is 2. The fourth-order valence-electron chi connectivity index (χ4n) is 1.37. The first-order valence-corrected chi connectivity index (χ1v) is 8.48. The third-order valence-corrected chi connectivity index (χ3v) is 4.83. The van der Waals surface area contributed by atoms with Crippen molar-refractivity contribution in [1.29, 1.82) is 0 Å². The zero-order valence-corrected chi connectivity index (χ0v) is 14.3. The van der Waals surface area contributed by atoms with Crippen LogP contribution >= 0.6 is 59.1 Å². The van der Waals surface area contributed by atoms with Gasteiger partial charge in [-0.25, -0.2) is 0 Å². The Morgan fingerprint density at radius 1 is 1.18 bits per heavy atom. The van der Waals surface area contributed by atoms with Gasteiger partial charge in [0.05, 0.1) is 8.95 Å². The lowest BCUT2D eigenvalue weighted by molar-refractivity contribution is 0.306. The van der Waals surface area contributed by atoms with Crippen LogP contribution in [0.15, 0.2) is 38.6 Å². The molecule has 0 N–H and O–H groups in total. The van der Waals surface area contributed by atoms with E-state index in [2.05, 4.69) is 71.4 Å². The Kier molecular flexibility index (Phi) is 5.09. The van der Waals surface area contributed by atoms with Crippen molar-refractivity contribution in [2.75, 3.05) is 0 Å². The maximum Gasteiger partial charge on any atom is 0.148 e. The Morgan fingerprint density at radius 2 is 1.88 bits per heavy atom. The highest BCUT2D eigenvalue weighted by atomic mass is 79.9. The van der Waals surface area contributed by atoms with E-state index >= 15 is 0 Å². The van der Waals surface area contributed by atoms with Crippen LogP contribution in [0.2, 0.25) is 0 Å². The molecule has 0 aliphatic rings. The van der Waals surface area contributed by atoms with E-state index in [0.717, 1.165) is 20.0 Å². The average Bonchev–Trinajstić information content (AvgIpc) is 2.80. The average molecular weight is 441 g/mol. The van der Waals surface area contributed by atoms with Gasteiger partial charge in [0, 0.05) is 10.2 Å². The molecule has 2 rings (SSSR count). The van der Waals surface area contributed by atoms with E-state index in [9.17, 15) is 0 Å². The van der Waals surface area contributed by atoms with E-state index in [1.165, 1.54) is 10.4 Å². The Balaban J connectivity index is 2.15. The highest BCUT2D eigenvalue weighted by Gasteiger charge is 2.09. The predicted octanol–water partition coefficient (Wildman–Crippen LogP) is 5.75. The molecule has 0 bridgehead atoms. The summed E-state index contributed by atoms with van der Waals surface area (Å²) in [6.45, 7) is 0.600. The van der Waals surface area contributed by atoms with E-state index in [0.29, 0.717) is 6.61 Å². The van der Waals surface area contributed by atoms with Gasteiger partial charge in [-0.15, -0.1) is 11.3 Å². The Morgan fingerprint density at radius 3 is 2.41 bits per heavy atom. The summed E-state index contributed by atoms with van der Waals surface area (Å²) in [5, 5.41) is 2.88. The highest BCUT2D eigenvalue weighted by molar-refractivity contribution is 9.11. The standard InChI is InChI=1S/C12H9Br3OS/c13-6-8-4-10(14)12(11(15)5-8)16-7-9-2-1-3-17-9/h1-5H,6-7H2. The zero-order chi connectivity index (χ0) is 12.3. The molecule has 0 amide bonds. The SMILES string of the molecule is BrCc1cc(Br)c(OCc2cccs2)c(Br)c1. The van der Waals surface area contributed by atoms with Crippen molar-refractivity contribution in [3.8, 4) is 5.75 Å². The highest BCUT2D eigenvalue weighted by Crippen LogP contribution is 2.36. The van der Waals surface area contributed by atoms with Gasteiger partial charge in [-0.3, -0.25) is 0 Å². The Bertz CT molecular complexity index is 473. The maximum atomic E-state index is 5.81. The number of alkyl halides is 1. The first-order chi connectivity index (χ1) is 8.20. The van der Waals surface area contributed by atoms with Gasteiger partial charge >= 0.3 is 0 Å². The van der Waals surface area contributed by atoms with Gasteiger partial charge in [0.25, 0.3) is 0 Å². The summed E-state index contributed by atoms with van der Waals surface area (Å²) in [6, 6.07) is 8.22. The number of rotatable bonds is 4. The van der Waals surface area contributed by atoms with E-state index < -0.39 is 0 Å². The first-order valence-electron chi connectivity index (χ1n) is 4.90. The third-order valence-electron chi connectivity index (χ3n) is 2.15. The monoisotopic (exact) mass is 438 g/mol. The molecule has 5 heteroatoms. The number of thiophene rings is 1. The summed E-state index contributed by atoms with van der Waals surface area (Å²) in [7, 11) is 0. The first kappa shape index (κ1) is 13.6. The van der Waals surface area contributed by atoms with Crippen molar-refractivity contribution in [2.45, 2.75) is 11.9 Å². The van der Waals surface area contributed by atoms with Gasteiger partial charge in [0.15, 0.2) is 0 Å². The van der Waals surface area contributed by atoms with E-state index in [1.54, 1.807) is 11.3 Å². The molecule has 2 aromatic rings. The number of halogens is 3. The van der Waals surface area contributed by atoms with Crippen molar-refractivity contribution in [3.05, 3.63) is 49.0 Å². The molecule has 17 heavy (non-hydrogen) atoms. The molecule has 0 saturated heterocycles. The van der Waals surface area contributed by atoms with Crippen LogP contribution in [-0.4, -0.2) is 0 Å². The van der Waals surface area contributed by atoms with Crippen LogP contribution in [0.3, 0.4) is 0 Å². The van der Waals surface area contributed by atoms with Crippen molar-refractivity contribution >= 4 is 59.1 Å². The van der Waals surface area contributed by atoms with Crippen LogP contribution in [0.1, 0.15) is 10.4 Å². The molecule has 0 unspecified atom stereocenters. The molecule has 0 saturated carbocycles. The summed E-state index contributed by atoms with van der Waals surface area (Å²) < 4.78 is 7.75. The van der Waals surface area contributed by atoms with Crippen LogP contribution < -0.4 is 4.74 Å². The summed E-state index contributed by atoms with van der Waals surface area (Å²) in [5.74, 6) is 0.850. The van der Waals surface area contributed by atoms with Gasteiger partial charge < -0.3 is 4.74 Å². The zero-order valence-electron chi connectivity index (χ0n) is 8.75. The quantitative estimate of drug-likeness (QED) is 0.550. The molecule has 90 valence electrons. The lowest BCUT2D eigenvalue weighted by atomic mass is 10.2. The van der Waals surface area contributed by atoms with Crippen LogP contribution in [0.25, 0.3) is 0 Å². The topological polar surface area (TPSA) is 9.23 Å². The van der Waals surface area contributed by atoms with Gasteiger partial charge in [0.1, 0.15) is 12.4 Å². The summed E-state index contributed by atoms with van der Waals surface area (Å²) in [4.78, 5) is 1.22. The van der Waals surface area contributed by atoms with Crippen molar-refractivity contribution in [3.63, 3.8) is 0 Å². The third kappa shape index (κ3) is 3.56. The normalized spacial score (nSPS) is 10.5. The van der Waals surface area contributed by atoms with Gasteiger partial charge in [0.2, 0.25) is 0 Å². The molecule has 1 nitrogen and oxygen atoms in total. The van der Waals surface area contributed by atoms with Crippen LogP contribution in [0, 0.1) is 0 Å². The lowest BCUT2D eigenvalue weighted by Gasteiger charge is -2.10. The smallest absolute Gasteiger partial charge is 0.148 e. The molecule has 1 heterocycles. The maximum absolute atomic E-state index is 5.81. The summed E-state index contributed by atoms with van der Waals surface area (Å²) >= 11 is 12.2. The molecule has 0 aliphatic heterocycles. The van der Waals surface area contributed by atoms with Crippen LogP contribution in [-0.2, 0) is 11.9 Å². The minimum atomic E-state index is 0.600. The number of hydrogen-bond donors (Lipinski definition) is 0. The molecule has 0 aliphatic carbocycles. The number of benzene rings is 1. The number of ether oxygens (including phenoxy) is 1. The second-order valence-corrected chi connectivity index (χ2v) is 6.69. The van der Waals surface area contributed by atoms with Crippen LogP contribution in [0.4, 0.5) is 0 Å². The molecule has 0 atom stereocenters. The van der Waals surface area contributed by atoms with Gasteiger partial charge in [-0.2, -0.15) is 0 Å².